The second-order valence-corrected chi connectivity index (χ2v) is 4.74. The molecule has 1 amide bonds. The first-order valence-corrected chi connectivity index (χ1v) is 6.57. The molecule has 2 aromatic carbocycles. The number of nitrogens with zero attached hydrogens (tertiary/aromatic N) is 1. The van der Waals surface area contributed by atoms with Crippen molar-refractivity contribution in [1.29, 1.82) is 0 Å². The SMILES string of the molecule is COc1ccc2[nH]nc(-c3ccc(NC(C)=O)cc3)c2c1. The first-order valence-electron chi connectivity index (χ1n) is 6.57. The van der Waals surface area contributed by atoms with Gasteiger partial charge in [0.25, 0.3) is 0 Å². The van der Waals surface area contributed by atoms with Crippen molar-refractivity contribution in [2.45, 2.75) is 6.92 Å². The third kappa shape index (κ3) is 2.58. The van der Waals surface area contributed by atoms with Crippen LogP contribution < -0.4 is 10.1 Å². The van der Waals surface area contributed by atoms with E-state index in [9.17, 15) is 4.79 Å². The van der Waals surface area contributed by atoms with Crippen LogP contribution >= 0.6 is 0 Å². The van der Waals surface area contributed by atoms with E-state index >= 15 is 0 Å². The molecule has 1 aromatic heterocycles. The number of hydrogen-bond acceptors (Lipinski definition) is 3. The van der Waals surface area contributed by atoms with E-state index in [0.29, 0.717) is 0 Å². The van der Waals surface area contributed by atoms with Crippen molar-refractivity contribution < 1.29 is 9.53 Å². The van der Waals surface area contributed by atoms with Gasteiger partial charge in [-0.15, -0.1) is 0 Å². The summed E-state index contributed by atoms with van der Waals surface area (Å²) in [5, 5.41) is 11.1. The Balaban J connectivity index is 2.01. The minimum Gasteiger partial charge on any atom is -0.497 e. The Morgan fingerprint density at radius 3 is 2.62 bits per heavy atom. The van der Waals surface area contributed by atoms with E-state index in [1.54, 1.807) is 7.11 Å². The Kier molecular flexibility index (Phi) is 3.31. The molecule has 2 N–H and O–H groups in total. The summed E-state index contributed by atoms with van der Waals surface area (Å²) in [6, 6.07) is 13.4. The number of carbonyl (C=O) groups excluding carboxylic acids is 1. The van der Waals surface area contributed by atoms with Gasteiger partial charge < -0.3 is 10.1 Å². The fourth-order valence-corrected chi connectivity index (χ4v) is 2.25. The fraction of sp³-hybridized carbons (Fsp3) is 0.125. The molecule has 0 bridgehead atoms. The highest BCUT2D eigenvalue weighted by Crippen LogP contribution is 2.29. The highest BCUT2D eigenvalue weighted by atomic mass is 16.5. The first-order chi connectivity index (χ1) is 10.2. The summed E-state index contributed by atoms with van der Waals surface area (Å²) in [7, 11) is 1.64. The summed E-state index contributed by atoms with van der Waals surface area (Å²) < 4.78 is 5.26. The summed E-state index contributed by atoms with van der Waals surface area (Å²) in [5.74, 6) is 0.706. The van der Waals surface area contributed by atoms with Crippen molar-refractivity contribution in [3.05, 3.63) is 42.5 Å². The molecule has 0 aliphatic carbocycles. The number of nitrogens with one attached hydrogen (secondary N) is 2. The number of amides is 1. The monoisotopic (exact) mass is 281 g/mol. The highest BCUT2D eigenvalue weighted by molar-refractivity contribution is 5.94. The number of fused-ring (bicyclic) bond motifs is 1. The van der Waals surface area contributed by atoms with E-state index in [-0.39, 0.29) is 5.91 Å². The van der Waals surface area contributed by atoms with Crippen molar-refractivity contribution in [3.63, 3.8) is 0 Å². The topological polar surface area (TPSA) is 67.0 Å². The first kappa shape index (κ1) is 13.2. The van der Waals surface area contributed by atoms with E-state index in [2.05, 4.69) is 15.5 Å². The molecule has 0 radical (unpaired) electrons. The van der Waals surface area contributed by atoms with Gasteiger partial charge in [-0.05, 0) is 30.3 Å². The molecule has 106 valence electrons. The van der Waals surface area contributed by atoms with Gasteiger partial charge in [-0.3, -0.25) is 9.89 Å². The van der Waals surface area contributed by atoms with E-state index in [1.165, 1.54) is 6.92 Å². The Morgan fingerprint density at radius 2 is 1.95 bits per heavy atom. The van der Waals surface area contributed by atoms with Crippen LogP contribution in [0.5, 0.6) is 5.75 Å². The number of aromatic amines is 1. The number of hydrogen-bond donors (Lipinski definition) is 2. The molecule has 0 saturated heterocycles. The molecule has 0 saturated carbocycles. The van der Waals surface area contributed by atoms with E-state index in [1.807, 2.05) is 42.5 Å². The summed E-state index contributed by atoms with van der Waals surface area (Å²) in [6.45, 7) is 1.49. The molecule has 5 nitrogen and oxygen atoms in total. The Morgan fingerprint density at radius 1 is 1.19 bits per heavy atom. The second-order valence-electron chi connectivity index (χ2n) is 4.74. The Bertz CT molecular complexity index is 791. The van der Waals surface area contributed by atoms with Crippen molar-refractivity contribution in [2.24, 2.45) is 0 Å². The number of methoxy groups -OCH3 is 1. The van der Waals surface area contributed by atoms with Crippen LogP contribution in [0.1, 0.15) is 6.92 Å². The minimum atomic E-state index is -0.0855. The third-order valence-corrected chi connectivity index (χ3v) is 3.25. The molecule has 0 atom stereocenters. The molecule has 5 heteroatoms. The normalized spacial score (nSPS) is 10.6. The van der Waals surface area contributed by atoms with Gasteiger partial charge >= 0.3 is 0 Å². The molecule has 3 aromatic rings. The highest BCUT2D eigenvalue weighted by Gasteiger charge is 2.09. The van der Waals surface area contributed by atoms with Crippen LogP contribution in [-0.4, -0.2) is 23.2 Å². The van der Waals surface area contributed by atoms with Crippen molar-refractivity contribution in [1.82, 2.24) is 10.2 Å². The van der Waals surface area contributed by atoms with E-state index < -0.39 is 0 Å². The van der Waals surface area contributed by atoms with Crippen LogP contribution in [-0.2, 0) is 4.79 Å². The van der Waals surface area contributed by atoms with Gasteiger partial charge in [0.05, 0.1) is 12.6 Å². The number of benzene rings is 2. The number of anilines is 1. The van der Waals surface area contributed by atoms with Gasteiger partial charge in [-0.25, -0.2) is 0 Å². The van der Waals surface area contributed by atoms with Gasteiger partial charge in [0, 0.05) is 23.6 Å². The van der Waals surface area contributed by atoms with Crippen LogP contribution in [0, 0.1) is 0 Å². The summed E-state index contributed by atoms with van der Waals surface area (Å²) in [5.41, 5.74) is 3.56. The Labute approximate surface area is 121 Å². The summed E-state index contributed by atoms with van der Waals surface area (Å²) in [6.07, 6.45) is 0. The maximum atomic E-state index is 11.0. The third-order valence-electron chi connectivity index (χ3n) is 3.25. The lowest BCUT2D eigenvalue weighted by molar-refractivity contribution is -0.114. The zero-order valence-electron chi connectivity index (χ0n) is 11.8. The van der Waals surface area contributed by atoms with Gasteiger partial charge in [-0.1, -0.05) is 12.1 Å². The molecular formula is C16H15N3O2. The van der Waals surface area contributed by atoms with Gasteiger partial charge in [-0.2, -0.15) is 5.10 Å². The maximum Gasteiger partial charge on any atom is 0.221 e. The molecule has 0 spiro atoms. The largest absolute Gasteiger partial charge is 0.497 e. The smallest absolute Gasteiger partial charge is 0.221 e. The lowest BCUT2D eigenvalue weighted by Crippen LogP contribution is -2.05. The molecular weight excluding hydrogens is 266 g/mol. The van der Waals surface area contributed by atoms with E-state index in [0.717, 1.165) is 33.6 Å². The van der Waals surface area contributed by atoms with Crippen LogP contribution in [0.25, 0.3) is 22.2 Å². The molecule has 0 fully saturated rings. The molecule has 0 unspecified atom stereocenters. The van der Waals surface area contributed by atoms with Crippen LogP contribution in [0.2, 0.25) is 0 Å². The van der Waals surface area contributed by atoms with Crippen molar-refractivity contribution in [3.8, 4) is 17.0 Å². The number of ether oxygens (including phenoxy) is 1. The fourth-order valence-electron chi connectivity index (χ4n) is 2.25. The zero-order valence-corrected chi connectivity index (χ0v) is 11.8. The van der Waals surface area contributed by atoms with Gasteiger partial charge in [0.15, 0.2) is 0 Å². The van der Waals surface area contributed by atoms with Gasteiger partial charge in [0.2, 0.25) is 5.91 Å². The standard InChI is InChI=1S/C16H15N3O2/c1-10(20)17-12-5-3-11(4-6-12)16-14-9-13(21-2)7-8-15(14)18-19-16/h3-9H,1-2H3,(H,17,20)(H,18,19). The summed E-state index contributed by atoms with van der Waals surface area (Å²) in [4.78, 5) is 11.0. The van der Waals surface area contributed by atoms with Crippen LogP contribution in [0.15, 0.2) is 42.5 Å². The number of aromatic nitrogens is 2. The molecule has 0 aliphatic rings. The molecule has 3 rings (SSSR count). The number of rotatable bonds is 3. The lowest BCUT2D eigenvalue weighted by Gasteiger charge is -2.04. The quantitative estimate of drug-likeness (QED) is 0.774. The van der Waals surface area contributed by atoms with Crippen LogP contribution in [0.3, 0.4) is 0 Å². The summed E-state index contributed by atoms with van der Waals surface area (Å²) >= 11 is 0. The zero-order chi connectivity index (χ0) is 14.8. The van der Waals surface area contributed by atoms with Gasteiger partial charge in [0.1, 0.15) is 11.4 Å². The van der Waals surface area contributed by atoms with Crippen LogP contribution in [0.4, 0.5) is 5.69 Å². The second kappa shape index (κ2) is 5.28. The van der Waals surface area contributed by atoms with Crippen molar-refractivity contribution >= 4 is 22.5 Å². The molecule has 21 heavy (non-hydrogen) atoms. The lowest BCUT2D eigenvalue weighted by atomic mass is 10.1. The minimum absolute atomic E-state index is 0.0855. The average molecular weight is 281 g/mol. The number of H-pyrrole nitrogens is 1. The Hall–Kier alpha value is -2.82. The maximum absolute atomic E-state index is 11.0. The van der Waals surface area contributed by atoms with Crippen molar-refractivity contribution in [2.75, 3.05) is 12.4 Å². The predicted molar refractivity (Wildman–Crippen MR) is 82.4 cm³/mol. The van der Waals surface area contributed by atoms with E-state index in [4.69, 9.17) is 4.74 Å². The molecule has 0 aliphatic heterocycles. The predicted octanol–water partition coefficient (Wildman–Crippen LogP) is 3.20. The molecule has 1 heterocycles. The average Bonchev–Trinajstić information content (AvgIpc) is 2.90. The number of carbonyl (C=O) groups is 1.